The van der Waals surface area contributed by atoms with Gasteiger partial charge in [0.05, 0.1) is 26.2 Å². The number of amides is 1. The zero-order chi connectivity index (χ0) is 13.6. The number of hydrogen-bond acceptors (Lipinski definition) is 4. The van der Waals surface area contributed by atoms with E-state index in [2.05, 4.69) is 17.3 Å². The summed E-state index contributed by atoms with van der Waals surface area (Å²) in [5.74, 6) is 5.82. The van der Waals surface area contributed by atoms with Gasteiger partial charge in [-0.1, -0.05) is 25.7 Å². The molecule has 0 aliphatic heterocycles. The topological polar surface area (TPSA) is 56.8 Å². The highest BCUT2D eigenvalue weighted by atomic mass is 16.6. The number of carbonyl (C=O) groups excluding carboxylic acids is 1. The average Bonchev–Trinajstić information content (AvgIpc) is 2.33. The monoisotopic (exact) mass is 257 g/mol. The van der Waals surface area contributed by atoms with Gasteiger partial charge in [-0.15, -0.1) is 0 Å². The van der Waals surface area contributed by atoms with E-state index < -0.39 is 0 Å². The second-order valence-electron chi connectivity index (χ2n) is 3.85. The Balaban J connectivity index is 3.31. The molecule has 18 heavy (non-hydrogen) atoms. The Hall–Kier alpha value is -1.09. The summed E-state index contributed by atoms with van der Waals surface area (Å²) in [7, 11) is 0. The third kappa shape index (κ3) is 13.0. The maximum absolute atomic E-state index is 11.2. The number of ether oxygens (including phenoxy) is 2. The fraction of sp³-hybridized carbons (Fsp3) is 0.769. The quantitative estimate of drug-likeness (QED) is 0.382. The summed E-state index contributed by atoms with van der Waals surface area (Å²) in [5.41, 5.74) is 2.31. The van der Waals surface area contributed by atoms with Crippen LogP contribution in [0.2, 0.25) is 0 Å². The molecule has 0 fully saturated rings. The highest BCUT2D eigenvalue weighted by Gasteiger charge is 2.00. The maximum Gasteiger partial charge on any atom is 0.245 e. The van der Waals surface area contributed by atoms with Crippen LogP contribution in [0.5, 0.6) is 0 Å². The van der Waals surface area contributed by atoms with Crippen molar-refractivity contribution >= 4 is 5.91 Å². The van der Waals surface area contributed by atoms with E-state index in [0.29, 0.717) is 32.3 Å². The lowest BCUT2D eigenvalue weighted by molar-refractivity contribution is -0.133. The summed E-state index contributed by atoms with van der Waals surface area (Å²) in [5, 5.41) is 0. The Morgan fingerprint density at radius 2 is 1.94 bits per heavy atom. The first-order valence-electron chi connectivity index (χ1n) is 6.21. The standard InChI is InChI=1S/C13H23NO4/c1-4-16-10-11-17-9-7-13(15)14-18-8-5-6-12(2)3/h12H,4,7-11H2,1-3H3,(H,14,15). The van der Waals surface area contributed by atoms with Crippen LogP contribution in [0.15, 0.2) is 0 Å². The molecule has 0 saturated heterocycles. The highest BCUT2D eigenvalue weighted by molar-refractivity contribution is 5.74. The van der Waals surface area contributed by atoms with Crippen molar-refractivity contribution in [2.24, 2.45) is 5.92 Å². The molecule has 5 nitrogen and oxygen atoms in total. The first-order valence-corrected chi connectivity index (χ1v) is 6.21. The molecule has 0 aliphatic carbocycles. The molecular weight excluding hydrogens is 234 g/mol. The second-order valence-corrected chi connectivity index (χ2v) is 3.85. The lowest BCUT2D eigenvalue weighted by atomic mass is 10.2. The summed E-state index contributed by atoms with van der Waals surface area (Å²) < 4.78 is 10.3. The molecule has 0 saturated carbocycles. The van der Waals surface area contributed by atoms with Gasteiger partial charge in [-0.3, -0.25) is 9.63 Å². The third-order valence-corrected chi connectivity index (χ3v) is 1.77. The number of nitrogens with one attached hydrogen (secondary N) is 1. The fourth-order valence-electron chi connectivity index (χ4n) is 0.979. The number of carbonyl (C=O) groups is 1. The van der Waals surface area contributed by atoms with Crippen molar-refractivity contribution in [3.8, 4) is 11.8 Å². The molecule has 0 aromatic carbocycles. The van der Waals surface area contributed by atoms with E-state index >= 15 is 0 Å². The Morgan fingerprint density at radius 1 is 1.22 bits per heavy atom. The molecule has 0 bridgehead atoms. The summed E-state index contributed by atoms with van der Waals surface area (Å²) in [6, 6.07) is 0. The average molecular weight is 257 g/mol. The highest BCUT2D eigenvalue weighted by Crippen LogP contribution is 1.86. The van der Waals surface area contributed by atoms with E-state index in [1.165, 1.54) is 0 Å². The van der Waals surface area contributed by atoms with Gasteiger partial charge in [0, 0.05) is 12.5 Å². The van der Waals surface area contributed by atoms with Crippen LogP contribution in [0.1, 0.15) is 27.2 Å². The fourth-order valence-corrected chi connectivity index (χ4v) is 0.979. The smallest absolute Gasteiger partial charge is 0.245 e. The van der Waals surface area contributed by atoms with Crippen LogP contribution in [0.3, 0.4) is 0 Å². The van der Waals surface area contributed by atoms with Crippen molar-refractivity contribution in [3.63, 3.8) is 0 Å². The molecule has 0 atom stereocenters. The molecule has 1 N–H and O–H groups in total. The van der Waals surface area contributed by atoms with Crippen LogP contribution in [0, 0.1) is 17.8 Å². The van der Waals surface area contributed by atoms with Crippen LogP contribution in [-0.4, -0.2) is 38.9 Å². The minimum atomic E-state index is -0.210. The van der Waals surface area contributed by atoms with E-state index in [1.807, 2.05) is 20.8 Å². The molecule has 104 valence electrons. The van der Waals surface area contributed by atoms with E-state index in [-0.39, 0.29) is 18.9 Å². The largest absolute Gasteiger partial charge is 0.379 e. The summed E-state index contributed by atoms with van der Waals surface area (Å²) in [6.45, 7) is 8.20. The minimum Gasteiger partial charge on any atom is -0.379 e. The van der Waals surface area contributed by atoms with Gasteiger partial charge in [0.1, 0.15) is 6.61 Å². The first kappa shape index (κ1) is 16.9. The summed E-state index contributed by atoms with van der Waals surface area (Å²) in [6.07, 6.45) is 0.268. The van der Waals surface area contributed by atoms with Gasteiger partial charge in [0.15, 0.2) is 0 Å². The predicted molar refractivity (Wildman–Crippen MR) is 68.6 cm³/mol. The first-order chi connectivity index (χ1) is 8.66. The van der Waals surface area contributed by atoms with Crippen molar-refractivity contribution in [1.29, 1.82) is 0 Å². The zero-order valence-corrected chi connectivity index (χ0v) is 11.5. The van der Waals surface area contributed by atoms with Gasteiger partial charge in [-0.25, -0.2) is 5.48 Å². The van der Waals surface area contributed by atoms with Gasteiger partial charge >= 0.3 is 0 Å². The molecule has 0 unspecified atom stereocenters. The normalized spacial score (nSPS) is 10.0. The van der Waals surface area contributed by atoms with Crippen LogP contribution < -0.4 is 5.48 Å². The van der Waals surface area contributed by atoms with Gasteiger partial charge in [0.25, 0.3) is 0 Å². The Bertz CT molecular complexity index is 268. The SMILES string of the molecule is CCOCCOCCC(=O)NOCC#CC(C)C. The van der Waals surface area contributed by atoms with E-state index in [1.54, 1.807) is 0 Å². The Labute approximate surface area is 109 Å². The molecule has 0 spiro atoms. The van der Waals surface area contributed by atoms with Crippen LogP contribution >= 0.6 is 0 Å². The molecule has 0 radical (unpaired) electrons. The summed E-state index contributed by atoms with van der Waals surface area (Å²) >= 11 is 0. The molecule has 0 rings (SSSR count). The Kier molecular flexibility index (Phi) is 11.6. The second kappa shape index (κ2) is 12.4. The van der Waals surface area contributed by atoms with Gasteiger partial charge < -0.3 is 9.47 Å². The number of rotatable bonds is 9. The van der Waals surface area contributed by atoms with Crippen molar-refractivity contribution < 1.29 is 19.1 Å². The van der Waals surface area contributed by atoms with Crippen molar-refractivity contribution in [1.82, 2.24) is 5.48 Å². The molecule has 0 aromatic rings. The van der Waals surface area contributed by atoms with Crippen molar-refractivity contribution in [3.05, 3.63) is 0 Å². The Morgan fingerprint density at radius 3 is 2.61 bits per heavy atom. The van der Waals surface area contributed by atoms with E-state index in [0.717, 1.165) is 0 Å². The van der Waals surface area contributed by atoms with Crippen molar-refractivity contribution in [2.45, 2.75) is 27.2 Å². The zero-order valence-electron chi connectivity index (χ0n) is 11.5. The lowest BCUT2D eigenvalue weighted by Crippen LogP contribution is -2.25. The van der Waals surface area contributed by atoms with E-state index in [4.69, 9.17) is 14.3 Å². The molecule has 1 amide bonds. The molecular formula is C13H23NO4. The molecule has 0 aliphatic rings. The van der Waals surface area contributed by atoms with Crippen LogP contribution in [0.4, 0.5) is 0 Å². The molecule has 5 heteroatoms. The summed E-state index contributed by atoms with van der Waals surface area (Å²) in [4.78, 5) is 16.1. The third-order valence-electron chi connectivity index (χ3n) is 1.77. The van der Waals surface area contributed by atoms with Crippen molar-refractivity contribution in [2.75, 3.05) is 33.0 Å². The van der Waals surface area contributed by atoms with Gasteiger partial charge in [-0.2, -0.15) is 0 Å². The van der Waals surface area contributed by atoms with Gasteiger partial charge in [-0.05, 0) is 6.92 Å². The van der Waals surface area contributed by atoms with Crippen LogP contribution in [0.25, 0.3) is 0 Å². The molecule has 0 heterocycles. The minimum absolute atomic E-state index is 0.203. The van der Waals surface area contributed by atoms with Crippen LogP contribution in [-0.2, 0) is 19.1 Å². The maximum atomic E-state index is 11.2. The van der Waals surface area contributed by atoms with E-state index in [9.17, 15) is 4.79 Å². The number of hydrogen-bond donors (Lipinski definition) is 1. The number of hydroxylamine groups is 1. The van der Waals surface area contributed by atoms with Gasteiger partial charge in [0.2, 0.25) is 5.91 Å². The predicted octanol–water partition coefficient (Wildman–Crippen LogP) is 1.14. The lowest BCUT2D eigenvalue weighted by Gasteiger charge is -2.05. The molecule has 0 aromatic heterocycles.